The quantitative estimate of drug-likeness (QED) is 0.890. The van der Waals surface area contributed by atoms with Crippen molar-refractivity contribution in [2.45, 2.75) is 24.8 Å². The van der Waals surface area contributed by atoms with Gasteiger partial charge in [-0.05, 0) is 48.2 Å². The number of nitrogens with one attached hydrogen (secondary N) is 1. The van der Waals surface area contributed by atoms with Gasteiger partial charge in [0, 0.05) is 29.1 Å². The molecule has 114 valence electrons. The van der Waals surface area contributed by atoms with Gasteiger partial charge in [-0.25, -0.2) is 0 Å². The number of halogens is 1. The fraction of sp³-hybridized carbons (Fsp3) is 0.278. The third-order valence-corrected chi connectivity index (χ3v) is 4.60. The maximum absolute atomic E-state index is 12.2. The summed E-state index contributed by atoms with van der Waals surface area (Å²) in [6.45, 7) is 1.15. The topological polar surface area (TPSA) is 55.1 Å². The van der Waals surface area contributed by atoms with Crippen LogP contribution in [0.5, 0.6) is 0 Å². The second-order valence-electron chi connectivity index (χ2n) is 5.87. The number of hydrogen-bond acceptors (Lipinski definition) is 2. The summed E-state index contributed by atoms with van der Waals surface area (Å²) in [6.07, 6.45) is 2.20. The highest BCUT2D eigenvalue weighted by Gasteiger charge is 2.44. The third-order valence-electron chi connectivity index (χ3n) is 4.35. The molecule has 3 N–H and O–H groups in total. The van der Waals surface area contributed by atoms with Gasteiger partial charge in [-0.1, -0.05) is 35.9 Å². The summed E-state index contributed by atoms with van der Waals surface area (Å²) >= 11 is 5.94. The van der Waals surface area contributed by atoms with Crippen molar-refractivity contribution in [1.29, 1.82) is 0 Å². The summed E-state index contributed by atoms with van der Waals surface area (Å²) in [5.41, 5.74) is 8.59. The van der Waals surface area contributed by atoms with Crippen molar-refractivity contribution in [3.8, 4) is 0 Å². The molecule has 0 spiro atoms. The summed E-state index contributed by atoms with van der Waals surface area (Å²) < 4.78 is 0. The van der Waals surface area contributed by atoms with E-state index in [-0.39, 0.29) is 11.3 Å². The van der Waals surface area contributed by atoms with Crippen LogP contribution in [0.2, 0.25) is 5.02 Å². The molecule has 0 heterocycles. The maximum atomic E-state index is 12.2. The molecular weight excluding hydrogens is 296 g/mol. The lowest BCUT2D eigenvalue weighted by molar-refractivity contribution is 0.0949. The molecule has 1 amide bonds. The van der Waals surface area contributed by atoms with Gasteiger partial charge in [0.1, 0.15) is 0 Å². The van der Waals surface area contributed by atoms with E-state index in [2.05, 4.69) is 17.4 Å². The number of carbonyl (C=O) groups is 1. The Bertz CT molecular complexity index is 660. The number of benzene rings is 2. The average molecular weight is 315 g/mol. The maximum Gasteiger partial charge on any atom is 0.251 e. The zero-order chi connectivity index (χ0) is 15.6. The molecule has 1 aliphatic rings. The first kappa shape index (κ1) is 15.1. The Labute approximate surface area is 135 Å². The van der Waals surface area contributed by atoms with Crippen molar-refractivity contribution in [3.63, 3.8) is 0 Å². The van der Waals surface area contributed by atoms with Crippen LogP contribution in [0.1, 0.15) is 34.3 Å². The standard InChI is InChI=1S/C18H19ClN2O/c19-16-7-5-15(6-8-16)18(9-10-18)12-21-17(22)14-3-1-13(11-20)2-4-14/h1-8H,9-12,20H2,(H,21,22). The molecule has 0 atom stereocenters. The molecular formula is C18H19ClN2O. The number of hydrogen-bond donors (Lipinski definition) is 2. The first-order valence-electron chi connectivity index (χ1n) is 7.46. The molecule has 0 saturated heterocycles. The molecule has 1 saturated carbocycles. The van der Waals surface area contributed by atoms with Gasteiger partial charge in [0.25, 0.3) is 5.91 Å². The molecule has 2 aromatic rings. The van der Waals surface area contributed by atoms with Crippen molar-refractivity contribution in [3.05, 3.63) is 70.2 Å². The van der Waals surface area contributed by atoms with Crippen molar-refractivity contribution in [2.75, 3.05) is 6.54 Å². The van der Waals surface area contributed by atoms with E-state index in [9.17, 15) is 4.79 Å². The molecule has 3 nitrogen and oxygen atoms in total. The monoisotopic (exact) mass is 314 g/mol. The minimum absolute atomic E-state index is 0.0381. The van der Waals surface area contributed by atoms with Gasteiger partial charge in [0.15, 0.2) is 0 Å². The lowest BCUT2D eigenvalue weighted by Crippen LogP contribution is -2.32. The predicted octanol–water partition coefficient (Wildman–Crippen LogP) is 3.26. The zero-order valence-corrected chi connectivity index (χ0v) is 13.1. The van der Waals surface area contributed by atoms with Crippen LogP contribution in [0, 0.1) is 0 Å². The van der Waals surface area contributed by atoms with Crippen LogP contribution in [0.4, 0.5) is 0 Å². The van der Waals surface area contributed by atoms with Gasteiger partial charge in [-0.3, -0.25) is 4.79 Å². The second kappa shape index (κ2) is 6.11. The Kier molecular flexibility index (Phi) is 4.19. The summed E-state index contributed by atoms with van der Waals surface area (Å²) in [6, 6.07) is 15.3. The highest BCUT2D eigenvalue weighted by molar-refractivity contribution is 6.30. The molecule has 1 aliphatic carbocycles. The van der Waals surface area contributed by atoms with Crippen molar-refractivity contribution in [2.24, 2.45) is 5.73 Å². The van der Waals surface area contributed by atoms with Gasteiger partial charge in [-0.15, -0.1) is 0 Å². The van der Waals surface area contributed by atoms with Crippen LogP contribution in [0.15, 0.2) is 48.5 Å². The first-order chi connectivity index (χ1) is 10.6. The molecule has 22 heavy (non-hydrogen) atoms. The first-order valence-corrected chi connectivity index (χ1v) is 7.84. The lowest BCUT2D eigenvalue weighted by atomic mass is 9.96. The van der Waals surface area contributed by atoms with Crippen LogP contribution >= 0.6 is 11.6 Å². The second-order valence-corrected chi connectivity index (χ2v) is 6.31. The van der Waals surface area contributed by atoms with E-state index < -0.39 is 0 Å². The Morgan fingerprint density at radius 3 is 2.27 bits per heavy atom. The summed E-state index contributed by atoms with van der Waals surface area (Å²) in [5, 5.41) is 3.79. The third kappa shape index (κ3) is 3.16. The molecule has 0 aliphatic heterocycles. The van der Waals surface area contributed by atoms with E-state index in [0.717, 1.165) is 23.4 Å². The van der Waals surface area contributed by atoms with Gasteiger partial charge in [0.2, 0.25) is 0 Å². The van der Waals surface area contributed by atoms with Crippen LogP contribution in [-0.2, 0) is 12.0 Å². The van der Waals surface area contributed by atoms with Crippen LogP contribution in [-0.4, -0.2) is 12.5 Å². The van der Waals surface area contributed by atoms with E-state index in [1.165, 1.54) is 5.56 Å². The molecule has 0 radical (unpaired) electrons. The van der Waals surface area contributed by atoms with Gasteiger partial charge < -0.3 is 11.1 Å². The van der Waals surface area contributed by atoms with E-state index in [4.69, 9.17) is 17.3 Å². The Balaban J connectivity index is 1.64. The fourth-order valence-electron chi connectivity index (χ4n) is 2.67. The molecule has 1 fully saturated rings. The van der Waals surface area contributed by atoms with E-state index in [1.54, 1.807) is 0 Å². The number of amides is 1. The molecule has 0 aromatic heterocycles. The summed E-state index contributed by atoms with van der Waals surface area (Å²) in [7, 11) is 0. The predicted molar refractivity (Wildman–Crippen MR) is 89.0 cm³/mol. The van der Waals surface area contributed by atoms with Gasteiger partial charge >= 0.3 is 0 Å². The Hall–Kier alpha value is -1.84. The number of nitrogens with two attached hydrogens (primary N) is 1. The number of carbonyl (C=O) groups excluding carboxylic acids is 1. The average Bonchev–Trinajstić information content (AvgIpc) is 3.34. The SMILES string of the molecule is NCc1ccc(C(=O)NCC2(c3ccc(Cl)cc3)CC2)cc1. The minimum Gasteiger partial charge on any atom is -0.351 e. The van der Waals surface area contributed by atoms with E-state index >= 15 is 0 Å². The van der Waals surface area contributed by atoms with Gasteiger partial charge in [0.05, 0.1) is 0 Å². The normalized spacial score (nSPS) is 15.4. The minimum atomic E-state index is -0.0381. The van der Waals surface area contributed by atoms with Crippen molar-refractivity contribution in [1.82, 2.24) is 5.32 Å². The zero-order valence-electron chi connectivity index (χ0n) is 12.3. The van der Waals surface area contributed by atoms with E-state index in [0.29, 0.717) is 18.7 Å². The van der Waals surface area contributed by atoms with Crippen molar-refractivity contribution < 1.29 is 4.79 Å². The molecule has 2 aromatic carbocycles. The molecule has 0 unspecified atom stereocenters. The Morgan fingerprint density at radius 2 is 1.73 bits per heavy atom. The summed E-state index contributed by atoms with van der Waals surface area (Å²) in [5.74, 6) is -0.0381. The molecule has 0 bridgehead atoms. The molecule has 3 rings (SSSR count). The summed E-state index contributed by atoms with van der Waals surface area (Å²) in [4.78, 5) is 12.2. The van der Waals surface area contributed by atoms with Crippen LogP contribution < -0.4 is 11.1 Å². The van der Waals surface area contributed by atoms with Gasteiger partial charge in [-0.2, -0.15) is 0 Å². The van der Waals surface area contributed by atoms with Crippen LogP contribution in [0.3, 0.4) is 0 Å². The largest absolute Gasteiger partial charge is 0.351 e. The highest BCUT2D eigenvalue weighted by Crippen LogP contribution is 2.47. The smallest absolute Gasteiger partial charge is 0.251 e. The number of rotatable bonds is 5. The Morgan fingerprint density at radius 1 is 1.09 bits per heavy atom. The lowest BCUT2D eigenvalue weighted by Gasteiger charge is -2.17. The highest BCUT2D eigenvalue weighted by atomic mass is 35.5. The fourth-order valence-corrected chi connectivity index (χ4v) is 2.79. The van der Waals surface area contributed by atoms with Crippen molar-refractivity contribution >= 4 is 17.5 Å². The molecule has 4 heteroatoms. The van der Waals surface area contributed by atoms with E-state index in [1.807, 2.05) is 36.4 Å². The van der Waals surface area contributed by atoms with Crippen LogP contribution in [0.25, 0.3) is 0 Å².